The Hall–Kier alpha value is -3.29. The molecule has 0 saturated heterocycles. The standard InChI is InChI=1S/C18H17N3O5/c1-2-7-20-17(19-13-6-4-3-5-11(13)18(20)22)12-8-15-16(26-10-25-15)9-14(12)21(23)24/h3-6,8-9,17,19H,2,7,10H2,1H3/t17-/m1/s1. The lowest BCUT2D eigenvalue weighted by atomic mass is 10.0. The van der Waals surface area contributed by atoms with Gasteiger partial charge in [-0.25, -0.2) is 0 Å². The number of anilines is 1. The topological polar surface area (TPSA) is 93.9 Å². The van der Waals surface area contributed by atoms with Crippen molar-refractivity contribution < 1.29 is 19.2 Å². The van der Waals surface area contributed by atoms with E-state index in [1.165, 1.54) is 6.07 Å². The average Bonchev–Trinajstić information content (AvgIpc) is 3.10. The van der Waals surface area contributed by atoms with Crippen LogP contribution in [0.4, 0.5) is 11.4 Å². The van der Waals surface area contributed by atoms with Gasteiger partial charge < -0.3 is 19.7 Å². The Morgan fingerprint density at radius 2 is 2.00 bits per heavy atom. The van der Waals surface area contributed by atoms with Gasteiger partial charge in [-0.1, -0.05) is 19.1 Å². The van der Waals surface area contributed by atoms with Crippen LogP contribution in [0, 0.1) is 10.1 Å². The number of benzene rings is 2. The Morgan fingerprint density at radius 3 is 2.73 bits per heavy atom. The molecule has 0 aliphatic carbocycles. The summed E-state index contributed by atoms with van der Waals surface area (Å²) in [6.45, 7) is 2.45. The second-order valence-electron chi connectivity index (χ2n) is 6.11. The molecule has 0 aromatic heterocycles. The molecule has 1 atom stereocenters. The fourth-order valence-electron chi connectivity index (χ4n) is 3.33. The van der Waals surface area contributed by atoms with Gasteiger partial charge in [-0.2, -0.15) is 0 Å². The van der Waals surface area contributed by atoms with Crippen molar-refractivity contribution in [3.8, 4) is 11.5 Å². The molecular weight excluding hydrogens is 338 g/mol. The Balaban J connectivity index is 1.86. The number of carbonyl (C=O) groups is 1. The predicted octanol–water partition coefficient (Wildman–Crippen LogP) is 3.30. The van der Waals surface area contributed by atoms with Gasteiger partial charge in [0.2, 0.25) is 6.79 Å². The molecular formula is C18H17N3O5. The zero-order valence-corrected chi connectivity index (χ0v) is 14.1. The van der Waals surface area contributed by atoms with Crippen LogP contribution in [0.5, 0.6) is 11.5 Å². The summed E-state index contributed by atoms with van der Waals surface area (Å²) in [5.74, 6) is 0.623. The molecule has 8 nitrogen and oxygen atoms in total. The molecule has 4 rings (SSSR count). The lowest BCUT2D eigenvalue weighted by Crippen LogP contribution is -2.43. The van der Waals surface area contributed by atoms with Crippen molar-refractivity contribution in [2.24, 2.45) is 0 Å². The van der Waals surface area contributed by atoms with Gasteiger partial charge in [-0.15, -0.1) is 0 Å². The lowest BCUT2D eigenvalue weighted by Gasteiger charge is -2.37. The van der Waals surface area contributed by atoms with Crippen molar-refractivity contribution in [3.63, 3.8) is 0 Å². The maximum atomic E-state index is 13.0. The number of nitro benzene ring substituents is 1. The normalized spacial score (nSPS) is 17.7. The fraction of sp³-hybridized carbons (Fsp3) is 0.278. The van der Waals surface area contributed by atoms with E-state index in [4.69, 9.17) is 9.47 Å². The number of nitrogens with zero attached hydrogens (tertiary/aromatic N) is 2. The Morgan fingerprint density at radius 1 is 1.27 bits per heavy atom. The van der Waals surface area contributed by atoms with E-state index in [1.807, 2.05) is 13.0 Å². The van der Waals surface area contributed by atoms with E-state index < -0.39 is 11.1 Å². The molecule has 2 aliphatic rings. The number of nitro groups is 1. The quantitative estimate of drug-likeness (QED) is 0.668. The van der Waals surface area contributed by atoms with Crippen LogP contribution >= 0.6 is 0 Å². The highest BCUT2D eigenvalue weighted by molar-refractivity contribution is 6.01. The van der Waals surface area contributed by atoms with Gasteiger partial charge in [0.25, 0.3) is 11.6 Å². The van der Waals surface area contributed by atoms with E-state index in [9.17, 15) is 14.9 Å². The number of ether oxygens (including phenoxy) is 2. The summed E-state index contributed by atoms with van der Waals surface area (Å²) in [5, 5.41) is 14.9. The van der Waals surface area contributed by atoms with Gasteiger partial charge >= 0.3 is 0 Å². The molecule has 0 spiro atoms. The Bertz CT molecular complexity index is 898. The highest BCUT2D eigenvalue weighted by Crippen LogP contribution is 2.43. The van der Waals surface area contributed by atoms with Gasteiger partial charge in [0.05, 0.1) is 22.1 Å². The maximum absolute atomic E-state index is 13.0. The summed E-state index contributed by atoms with van der Waals surface area (Å²) in [4.78, 5) is 25.8. The van der Waals surface area contributed by atoms with Gasteiger partial charge in [0, 0.05) is 12.2 Å². The van der Waals surface area contributed by atoms with E-state index in [0.29, 0.717) is 34.9 Å². The van der Waals surface area contributed by atoms with Crippen LogP contribution in [-0.4, -0.2) is 29.1 Å². The van der Waals surface area contributed by atoms with Crippen molar-refractivity contribution in [3.05, 3.63) is 57.6 Å². The summed E-state index contributed by atoms with van der Waals surface area (Å²) in [5.41, 5.74) is 1.47. The van der Waals surface area contributed by atoms with Gasteiger partial charge in [-0.3, -0.25) is 14.9 Å². The van der Waals surface area contributed by atoms with Crippen LogP contribution < -0.4 is 14.8 Å². The van der Waals surface area contributed by atoms with Crippen molar-refractivity contribution in [2.75, 3.05) is 18.7 Å². The highest BCUT2D eigenvalue weighted by atomic mass is 16.7. The molecule has 0 unspecified atom stereocenters. The number of amides is 1. The molecule has 2 aromatic rings. The summed E-state index contributed by atoms with van der Waals surface area (Å²) in [7, 11) is 0. The number of nitrogens with one attached hydrogen (secondary N) is 1. The molecule has 2 aromatic carbocycles. The molecule has 0 fully saturated rings. The second-order valence-corrected chi connectivity index (χ2v) is 6.11. The predicted molar refractivity (Wildman–Crippen MR) is 93.4 cm³/mol. The molecule has 2 heterocycles. The van der Waals surface area contributed by atoms with Crippen LogP contribution in [0.25, 0.3) is 0 Å². The summed E-state index contributed by atoms with van der Waals surface area (Å²) < 4.78 is 10.6. The molecule has 0 radical (unpaired) electrons. The Kier molecular flexibility index (Phi) is 3.87. The third kappa shape index (κ3) is 2.50. The first kappa shape index (κ1) is 16.2. The van der Waals surface area contributed by atoms with Gasteiger partial charge in [0.15, 0.2) is 11.5 Å². The Labute approximate surface area is 149 Å². The van der Waals surface area contributed by atoms with E-state index in [1.54, 1.807) is 29.2 Å². The van der Waals surface area contributed by atoms with Crippen LogP contribution in [-0.2, 0) is 0 Å². The van der Waals surface area contributed by atoms with Crippen molar-refractivity contribution in [1.82, 2.24) is 4.90 Å². The summed E-state index contributed by atoms with van der Waals surface area (Å²) in [6, 6.07) is 10.1. The smallest absolute Gasteiger partial charge is 0.280 e. The fourth-order valence-corrected chi connectivity index (χ4v) is 3.33. The molecule has 1 amide bonds. The van der Waals surface area contributed by atoms with Crippen LogP contribution in [0.15, 0.2) is 36.4 Å². The van der Waals surface area contributed by atoms with Gasteiger partial charge in [0.1, 0.15) is 6.17 Å². The molecule has 8 heteroatoms. The molecule has 0 bridgehead atoms. The minimum Gasteiger partial charge on any atom is -0.454 e. The average molecular weight is 355 g/mol. The molecule has 134 valence electrons. The largest absolute Gasteiger partial charge is 0.454 e. The summed E-state index contributed by atoms with van der Waals surface area (Å²) >= 11 is 0. The monoisotopic (exact) mass is 355 g/mol. The minimum atomic E-state index is -0.660. The zero-order chi connectivity index (χ0) is 18.3. The third-order valence-corrected chi connectivity index (χ3v) is 4.50. The van der Waals surface area contributed by atoms with Crippen molar-refractivity contribution in [1.29, 1.82) is 0 Å². The van der Waals surface area contributed by atoms with E-state index >= 15 is 0 Å². The first-order valence-electron chi connectivity index (χ1n) is 8.34. The third-order valence-electron chi connectivity index (χ3n) is 4.50. The van der Waals surface area contributed by atoms with E-state index in [0.717, 1.165) is 6.42 Å². The van der Waals surface area contributed by atoms with Crippen molar-refractivity contribution in [2.45, 2.75) is 19.5 Å². The van der Waals surface area contributed by atoms with Crippen molar-refractivity contribution >= 4 is 17.3 Å². The minimum absolute atomic E-state index is 0.0223. The number of fused-ring (bicyclic) bond motifs is 2. The SMILES string of the molecule is CCCN1C(=O)c2ccccc2N[C@H]1c1cc2c(cc1[N+](=O)[O-])OCO2. The van der Waals surface area contributed by atoms with Crippen LogP contribution in [0.3, 0.4) is 0 Å². The number of carbonyl (C=O) groups excluding carboxylic acids is 1. The van der Waals surface area contributed by atoms with E-state index in [-0.39, 0.29) is 18.4 Å². The second kappa shape index (κ2) is 6.21. The molecule has 2 aliphatic heterocycles. The number of hydrogen-bond donors (Lipinski definition) is 1. The highest BCUT2D eigenvalue weighted by Gasteiger charge is 2.37. The molecule has 1 N–H and O–H groups in total. The molecule has 0 saturated carbocycles. The first-order valence-corrected chi connectivity index (χ1v) is 8.34. The lowest BCUT2D eigenvalue weighted by molar-refractivity contribution is -0.385. The maximum Gasteiger partial charge on any atom is 0.280 e. The van der Waals surface area contributed by atoms with Crippen LogP contribution in [0.2, 0.25) is 0 Å². The number of hydrogen-bond acceptors (Lipinski definition) is 6. The van der Waals surface area contributed by atoms with Gasteiger partial charge in [-0.05, 0) is 24.6 Å². The zero-order valence-electron chi connectivity index (χ0n) is 14.1. The van der Waals surface area contributed by atoms with Crippen LogP contribution in [0.1, 0.15) is 35.4 Å². The van der Waals surface area contributed by atoms with E-state index in [2.05, 4.69) is 5.32 Å². The first-order chi connectivity index (χ1) is 12.6. The number of rotatable bonds is 4. The molecule has 26 heavy (non-hydrogen) atoms. The number of para-hydroxylation sites is 1. The summed E-state index contributed by atoms with van der Waals surface area (Å²) in [6.07, 6.45) is 0.0667.